The smallest absolute Gasteiger partial charge is 0.258 e. The summed E-state index contributed by atoms with van der Waals surface area (Å²) in [6, 6.07) is 2.75. The third-order valence-corrected chi connectivity index (χ3v) is 6.21. The van der Waals surface area contributed by atoms with E-state index in [0.29, 0.717) is 18.7 Å². The van der Waals surface area contributed by atoms with Gasteiger partial charge in [-0.15, -0.1) is 0 Å². The summed E-state index contributed by atoms with van der Waals surface area (Å²) < 4.78 is 26.8. The van der Waals surface area contributed by atoms with Crippen LogP contribution in [0, 0.1) is 35.8 Å². The maximum absolute atomic E-state index is 12.7. The van der Waals surface area contributed by atoms with Crippen molar-refractivity contribution in [2.24, 2.45) is 11.8 Å². The lowest BCUT2D eigenvalue weighted by Crippen LogP contribution is -2.29. The molecule has 1 aliphatic heterocycles. The number of nitro groups is 1. The van der Waals surface area contributed by atoms with Crippen LogP contribution < -0.4 is 0 Å². The SMILES string of the molecule is Cc1cc([N+](=O)[O-])c(S(=O)(=O)N2CC(C)C(C)C2)cc1C. The number of hydrogen-bond donors (Lipinski definition) is 0. The molecule has 6 nitrogen and oxygen atoms in total. The molecule has 0 bridgehead atoms. The van der Waals surface area contributed by atoms with E-state index in [1.165, 1.54) is 16.4 Å². The molecule has 1 aromatic rings. The molecular weight excluding hydrogens is 292 g/mol. The van der Waals surface area contributed by atoms with Crippen LogP contribution in [-0.2, 0) is 10.0 Å². The first-order valence-electron chi connectivity index (χ1n) is 6.90. The molecule has 0 aliphatic carbocycles. The molecule has 1 fully saturated rings. The number of rotatable bonds is 3. The van der Waals surface area contributed by atoms with Crippen molar-refractivity contribution in [2.75, 3.05) is 13.1 Å². The quantitative estimate of drug-likeness (QED) is 0.634. The fraction of sp³-hybridized carbons (Fsp3) is 0.571. The molecule has 0 spiro atoms. The summed E-state index contributed by atoms with van der Waals surface area (Å²) in [5.41, 5.74) is 1.11. The second-order valence-corrected chi connectivity index (χ2v) is 7.84. The van der Waals surface area contributed by atoms with Crippen molar-refractivity contribution in [1.29, 1.82) is 0 Å². The molecule has 1 saturated heterocycles. The lowest BCUT2D eigenvalue weighted by Gasteiger charge is -2.17. The van der Waals surface area contributed by atoms with Gasteiger partial charge in [-0.05, 0) is 42.9 Å². The first-order chi connectivity index (χ1) is 9.64. The van der Waals surface area contributed by atoms with Crippen LogP contribution in [0.15, 0.2) is 17.0 Å². The van der Waals surface area contributed by atoms with E-state index in [4.69, 9.17) is 0 Å². The Balaban J connectivity index is 2.55. The molecule has 0 aromatic heterocycles. The van der Waals surface area contributed by atoms with Crippen LogP contribution in [0.4, 0.5) is 5.69 Å². The van der Waals surface area contributed by atoms with E-state index in [-0.39, 0.29) is 22.4 Å². The molecule has 0 radical (unpaired) electrons. The van der Waals surface area contributed by atoms with Crippen LogP contribution in [0.25, 0.3) is 0 Å². The van der Waals surface area contributed by atoms with E-state index >= 15 is 0 Å². The predicted octanol–water partition coefficient (Wildman–Crippen LogP) is 2.49. The van der Waals surface area contributed by atoms with Crippen LogP contribution in [0.5, 0.6) is 0 Å². The van der Waals surface area contributed by atoms with Crippen LogP contribution >= 0.6 is 0 Å². The normalized spacial score (nSPS) is 23.4. The van der Waals surface area contributed by atoms with Gasteiger partial charge in [0.25, 0.3) is 5.69 Å². The van der Waals surface area contributed by atoms with Crippen molar-refractivity contribution >= 4 is 15.7 Å². The van der Waals surface area contributed by atoms with Crippen molar-refractivity contribution < 1.29 is 13.3 Å². The summed E-state index contributed by atoms with van der Waals surface area (Å²) in [6.07, 6.45) is 0. The Bertz CT molecular complexity index is 674. The van der Waals surface area contributed by atoms with Crippen LogP contribution in [0.3, 0.4) is 0 Å². The monoisotopic (exact) mass is 312 g/mol. The Morgan fingerprint density at radius 3 is 2.10 bits per heavy atom. The number of nitrogens with zero attached hydrogens (tertiary/aromatic N) is 2. The molecule has 21 heavy (non-hydrogen) atoms. The second-order valence-electron chi connectivity index (χ2n) is 5.94. The third kappa shape index (κ3) is 2.80. The highest BCUT2D eigenvalue weighted by Gasteiger charge is 2.38. The molecular formula is C14H20N2O4S. The summed E-state index contributed by atoms with van der Waals surface area (Å²) in [7, 11) is -3.83. The number of sulfonamides is 1. The standard InChI is InChI=1S/C14H20N2O4S/c1-9-5-13(16(17)18)14(6-10(9)2)21(19,20)15-7-11(3)12(4)8-15/h5-6,11-12H,7-8H2,1-4H3. The molecule has 2 atom stereocenters. The van der Waals surface area contributed by atoms with Crippen LogP contribution in [0.2, 0.25) is 0 Å². The molecule has 0 N–H and O–H groups in total. The molecule has 0 amide bonds. The van der Waals surface area contributed by atoms with Gasteiger partial charge in [0, 0.05) is 19.2 Å². The van der Waals surface area contributed by atoms with Gasteiger partial charge in [0.2, 0.25) is 10.0 Å². The Morgan fingerprint density at radius 2 is 1.62 bits per heavy atom. The van der Waals surface area contributed by atoms with E-state index in [1.807, 2.05) is 13.8 Å². The molecule has 1 aromatic carbocycles. The topological polar surface area (TPSA) is 80.5 Å². The van der Waals surface area contributed by atoms with E-state index in [0.717, 1.165) is 5.56 Å². The lowest BCUT2D eigenvalue weighted by atomic mass is 10.0. The van der Waals surface area contributed by atoms with Crippen molar-refractivity contribution in [3.8, 4) is 0 Å². The average Bonchev–Trinajstić information content (AvgIpc) is 2.72. The molecule has 1 aliphatic rings. The van der Waals surface area contributed by atoms with Gasteiger partial charge in [-0.1, -0.05) is 13.8 Å². The maximum Gasteiger partial charge on any atom is 0.289 e. The van der Waals surface area contributed by atoms with Crippen molar-refractivity contribution in [3.63, 3.8) is 0 Å². The van der Waals surface area contributed by atoms with Crippen LogP contribution in [0.1, 0.15) is 25.0 Å². The summed E-state index contributed by atoms with van der Waals surface area (Å²) in [4.78, 5) is 10.4. The Morgan fingerprint density at radius 1 is 1.14 bits per heavy atom. The number of hydrogen-bond acceptors (Lipinski definition) is 4. The zero-order valence-electron chi connectivity index (χ0n) is 12.7. The summed E-state index contributed by atoms with van der Waals surface area (Å²) in [5, 5.41) is 11.2. The minimum atomic E-state index is -3.83. The zero-order chi connectivity index (χ0) is 15.9. The minimum absolute atomic E-state index is 0.197. The second kappa shape index (κ2) is 5.38. The molecule has 2 unspecified atom stereocenters. The van der Waals surface area contributed by atoms with E-state index < -0.39 is 14.9 Å². The van der Waals surface area contributed by atoms with Gasteiger partial charge in [-0.25, -0.2) is 8.42 Å². The molecule has 1 heterocycles. The van der Waals surface area contributed by atoms with E-state index in [1.54, 1.807) is 13.8 Å². The van der Waals surface area contributed by atoms with Gasteiger partial charge in [0.05, 0.1) is 4.92 Å². The maximum atomic E-state index is 12.7. The van der Waals surface area contributed by atoms with Gasteiger partial charge in [0.15, 0.2) is 4.90 Å². The predicted molar refractivity (Wildman–Crippen MR) is 79.7 cm³/mol. The van der Waals surface area contributed by atoms with Gasteiger partial charge in [-0.3, -0.25) is 10.1 Å². The highest BCUT2D eigenvalue weighted by atomic mass is 32.2. The van der Waals surface area contributed by atoms with Crippen LogP contribution in [-0.4, -0.2) is 30.7 Å². The van der Waals surface area contributed by atoms with E-state index in [9.17, 15) is 18.5 Å². The Labute approximate surface area is 125 Å². The van der Waals surface area contributed by atoms with E-state index in [2.05, 4.69) is 0 Å². The number of nitro benzene ring substituents is 1. The summed E-state index contributed by atoms with van der Waals surface area (Å²) in [6.45, 7) is 8.30. The zero-order valence-corrected chi connectivity index (χ0v) is 13.5. The number of aryl methyl sites for hydroxylation is 2. The first kappa shape index (κ1) is 15.9. The molecule has 0 saturated carbocycles. The first-order valence-corrected chi connectivity index (χ1v) is 8.34. The fourth-order valence-corrected chi connectivity index (χ4v) is 4.40. The number of benzene rings is 1. The van der Waals surface area contributed by atoms with Crippen molar-refractivity contribution in [3.05, 3.63) is 33.4 Å². The largest absolute Gasteiger partial charge is 0.289 e. The third-order valence-electron chi connectivity index (χ3n) is 4.34. The minimum Gasteiger partial charge on any atom is -0.258 e. The van der Waals surface area contributed by atoms with Crippen molar-refractivity contribution in [2.45, 2.75) is 32.6 Å². The fourth-order valence-electron chi connectivity index (χ4n) is 2.54. The van der Waals surface area contributed by atoms with Gasteiger partial charge >= 0.3 is 0 Å². The highest BCUT2D eigenvalue weighted by Crippen LogP contribution is 2.33. The van der Waals surface area contributed by atoms with Gasteiger partial charge in [-0.2, -0.15) is 4.31 Å². The summed E-state index contributed by atoms with van der Waals surface area (Å²) >= 11 is 0. The Kier molecular flexibility index (Phi) is 4.08. The van der Waals surface area contributed by atoms with Gasteiger partial charge < -0.3 is 0 Å². The Hall–Kier alpha value is -1.47. The molecule has 116 valence electrons. The molecule has 2 rings (SSSR count). The lowest BCUT2D eigenvalue weighted by molar-refractivity contribution is -0.387. The highest BCUT2D eigenvalue weighted by molar-refractivity contribution is 7.89. The van der Waals surface area contributed by atoms with Crippen molar-refractivity contribution in [1.82, 2.24) is 4.31 Å². The van der Waals surface area contributed by atoms with Gasteiger partial charge in [0.1, 0.15) is 0 Å². The molecule has 7 heteroatoms. The summed E-state index contributed by atoms with van der Waals surface area (Å²) in [5.74, 6) is 0.510. The average molecular weight is 312 g/mol.